The zero-order valence-electron chi connectivity index (χ0n) is 16.7. The van der Waals surface area contributed by atoms with E-state index >= 15 is 0 Å². The van der Waals surface area contributed by atoms with Crippen molar-refractivity contribution in [1.82, 2.24) is 9.80 Å². The molecule has 4 heteroatoms. The van der Waals surface area contributed by atoms with Crippen LogP contribution in [0.25, 0.3) is 0 Å². The van der Waals surface area contributed by atoms with Gasteiger partial charge in [-0.15, -0.1) is 0 Å². The number of nitrogens with zero attached hydrogens (tertiary/aromatic N) is 2. The molecule has 2 aliphatic heterocycles. The van der Waals surface area contributed by atoms with Gasteiger partial charge in [0.1, 0.15) is 5.82 Å². The number of carbonyl (C=O) groups is 1. The first-order valence-electron chi connectivity index (χ1n) is 9.71. The number of hydrogen-bond donors (Lipinski definition) is 0. The maximum absolute atomic E-state index is 12.9. The number of carbonyl (C=O) groups excluding carboxylic acids is 1. The summed E-state index contributed by atoms with van der Waals surface area (Å²) in [4.78, 5) is 15.0. The van der Waals surface area contributed by atoms with Gasteiger partial charge in [-0.2, -0.15) is 0 Å². The SMILES string of the molecule is C=C1CC[C@H](C)C(c2ccc(F)cc2)N1C.CC(=O)N1CCC(C)CC1. The van der Waals surface area contributed by atoms with E-state index in [2.05, 4.69) is 32.4 Å². The first-order valence-corrected chi connectivity index (χ1v) is 9.71. The normalized spacial score (nSPS) is 24.1. The highest BCUT2D eigenvalue weighted by Crippen LogP contribution is 2.38. The third-order valence-electron chi connectivity index (χ3n) is 5.78. The van der Waals surface area contributed by atoms with Crippen LogP contribution < -0.4 is 0 Å². The lowest BCUT2D eigenvalue weighted by atomic mass is 9.85. The van der Waals surface area contributed by atoms with Crippen molar-refractivity contribution in [2.45, 2.75) is 52.5 Å². The lowest BCUT2D eigenvalue weighted by molar-refractivity contribution is -0.130. The molecule has 0 spiro atoms. The number of piperidine rings is 2. The fourth-order valence-corrected chi connectivity index (χ4v) is 3.84. The molecule has 2 aliphatic rings. The summed E-state index contributed by atoms with van der Waals surface area (Å²) in [7, 11) is 2.08. The Balaban J connectivity index is 0.000000209. The molecule has 0 bridgehead atoms. The van der Waals surface area contributed by atoms with E-state index in [9.17, 15) is 9.18 Å². The summed E-state index contributed by atoms with van der Waals surface area (Å²) in [5.74, 6) is 1.46. The van der Waals surface area contributed by atoms with Gasteiger partial charge in [-0.05, 0) is 55.2 Å². The first-order chi connectivity index (χ1) is 12.3. The van der Waals surface area contributed by atoms with Crippen LogP contribution in [0, 0.1) is 17.7 Å². The molecule has 1 aromatic rings. The standard InChI is InChI=1S/C14H18FN.C8H15NO/c1-10-4-5-11(2)16(3)14(10)12-6-8-13(15)9-7-12;1-7-3-5-9(6-4-7)8(2)10/h6-10,14H,2,4-5H2,1,3H3;7H,3-6H2,1-2H3/t10-,14?;/m0./s1. The van der Waals surface area contributed by atoms with Crippen molar-refractivity contribution in [3.05, 3.63) is 47.9 Å². The third-order valence-corrected chi connectivity index (χ3v) is 5.78. The molecule has 3 rings (SSSR count). The second-order valence-electron chi connectivity index (χ2n) is 7.88. The van der Waals surface area contributed by atoms with E-state index in [0.717, 1.165) is 31.8 Å². The van der Waals surface area contributed by atoms with Gasteiger partial charge >= 0.3 is 0 Å². The molecule has 1 unspecified atom stereocenters. The van der Waals surface area contributed by atoms with Crippen molar-refractivity contribution in [2.24, 2.45) is 11.8 Å². The Bertz CT molecular complexity index is 605. The predicted octanol–water partition coefficient (Wildman–Crippen LogP) is 5.01. The quantitative estimate of drug-likeness (QED) is 0.703. The minimum Gasteiger partial charge on any atom is -0.371 e. The van der Waals surface area contributed by atoms with Gasteiger partial charge in [-0.25, -0.2) is 4.39 Å². The summed E-state index contributed by atoms with van der Waals surface area (Å²) in [6, 6.07) is 7.17. The topological polar surface area (TPSA) is 23.6 Å². The maximum atomic E-state index is 12.9. The minimum absolute atomic E-state index is 0.173. The first kappa shape index (κ1) is 20.5. The summed E-state index contributed by atoms with van der Waals surface area (Å²) in [6.45, 7) is 12.2. The van der Waals surface area contributed by atoms with E-state index in [1.165, 1.54) is 36.2 Å². The Hall–Kier alpha value is -1.84. The van der Waals surface area contributed by atoms with E-state index in [-0.39, 0.29) is 11.7 Å². The molecular weight excluding hydrogens is 327 g/mol. The van der Waals surface area contributed by atoms with Crippen molar-refractivity contribution in [2.75, 3.05) is 20.1 Å². The van der Waals surface area contributed by atoms with Crippen LogP contribution in [0.1, 0.15) is 58.1 Å². The Kier molecular flexibility index (Phi) is 7.24. The van der Waals surface area contributed by atoms with Crippen molar-refractivity contribution in [3.63, 3.8) is 0 Å². The van der Waals surface area contributed by atoms with Gasteiger partial charge in [-0.1, -0.05) is 32.6 Å². The van der Waals surface area contributed by atoms with Crippen LogP contribution in [-0.2, 0) is 4.79 Å². The molecule has 0 radical (unpaired) electrons. The minimum atomic E-state index is -0.173. The molecule has 2 atom stereocenters. The van der Waals surface area contributed by atoms with Crippen LogP contribution >= 0.6 is 0 Å². The van der Waals surface area contributed by atoms with Gasteiger partial charge in [0.2, 0.25) is 5.91 Å². The molecule has 2 heterocycles. The van der Waals surface area contributed by atoms with Crippen LogP contribution in [0.2, 0.25) is 0 Å². The molecule has 3 nitrogen and oxygen atoms in total. The lowest BCUT2D eigenvalue weighted by Crippen LogP contribution is -2.36. The fourth-order valence-electron chi connectivity index (χ4n) is 3.84. The van der Waals surface area contributed by atoms with Crippen molar-refractivity contribution >= 4 is 5.91 Å². The Labute approximate surface area is 157 Å². The van der Waals surface area contributed by atoms with Crippen molar-refractivity contribution in [1.29, 1.82) is 0 Å². The van der Waals surface area contributed by atoms with Crippen molar-refractivity contribution in [3.8, 4) is 0 Å². The Morgan fingerprint density at radius 3 is 2.23 bits per heavy atom. The molecule has 2 saturated heterocycles. The average molecular weight is 361 g/mol. The van der Waals surface area contributed by atoms with E-state index in [1.807, 2.05) is 17.0 Å². The van der Waals surface area contributed by atoms with Gasteiger partial charge in [0.25, 0.3) is 0 Å². The molecular formula is C22H33FN2O. The Morgan fingerprint density at radius 1 is 1.12 bits per heavy atom. The molecule has 0 aromatic heterocycles. The molecule has 0 N–H and O–H groups in total. The fraction of sp³-hybridized carbons (Fsp3) is 0.591. The number of amides is 1. The van der Waals surface area contributed by atoms with Gasteiger partial charge in [-0.3, -0.25) is 4.79 Å². The number of hydrogen-bond acceptors (Lipinski definition) is 2. The maximum Gasteiger partial charge on any atom is 0.219 e. The monoisotopic (exact) mass is 360 g/mol. The predicted molar refractivity (Wildman–Crippen MR) is 105 cm³/mol. The van der Waals surface area contributed by atoms with Gasteiger partial charge in [0.05, 0.1) is 6.04 Å². The van der Waals surface area contributed by atoms with Crippen LogP contribution in [0.4, 0.5) is 4.39 Å². The third kappa shape index (κ3) is 5.33. The summed E-state index contributed by atoms with van der Waals surface area (Å²) in [6.07, 6.45) is 4.58. The number of allylic oxidation sites excluding steroid dienone is 1. The zero-order chi connectivity index (χ0) is 19.3. The second kappa shape index (κ2) is 9.20. The lowest BCUT2D eigenvalue weighted by Gasteiger charge is -2.40. The highest BCUT2D eigenvalue weighted by atomic mass is 19.1. The zero-order valence-corrected chi connectivity index (χ0v) is 16.7. The smallest absolute Gasteiger partial charge is 0.219 e. The van der Waals surface area contributed by atoms with E-state index in [4.69, 9.17) is 0 Å². The average Bonchev–Trinajstić information content (AvgIpc) is 2.61. The summed E-state index contributed by atoms with van der Waals surface area (Å²) < 4.78 is 12.9. The molecule has 1 aromatic carbocycles. The number of likely N-dealkylation sites (tertiary alicyclic amines) is 2. The molecule has 0 aliphatic carbocycles. The highest BCUT2D eigenvalue weighted by Gasteiger charge is 2.28. The summed E-state index contributed by atoms with van der Waals surface area (Å²) in [5, 5.41) is 0. The molecule has 0 saturated carbocycles. The van der Waals surface area contributed by atoms with Crippen LogP contribution in [0.3, 0.4) is 0 Å². The van der Waals surface area contributed by atoms with E-state index < -0.39 is 0 Å². The number of benzene rings is 1. The molecule has 26 heavy (non-hydrogen) atoms. The van der Waals surface area contributed by atoms with Gasteiger partial charge in [0, 0.05) is 32.8 Å². The molecule has 1 amide bonds. The van der Waals surface area contributed by atoms with Crippen LogP contribution in [0.15, 0.2) is 36.5 Å². The highest BCUT2D eigenvalue weighted by molar-refractivity contribution is 5.73. The van der Waals surface area contributed by atoms with E-state index in [0.29, 0.717) is 12.0 Å². The Morgan fingerprint density at radius 2 is 1.69 bits per heavy atom. The van der Waals surface area contributed by atoms with Gasteiger partial charge in [0.15, 0.2) is 0 Å². The number of rotatable bonds is 1. The van der Waals surface area contributed by atoms with Gasteiger partial charge < -0.3 is 9.80 Å². The largest absolute Gasteiger partial charge is 0.371 e. The second-order valence-corrected chi connectivity index (χ2v) is 7.88. The van der Waals surface area contributed by atoms with Crippen molar-refractivity contribution < 1.29 is 9.18 Å². The summed E-state index contributed by atoms with van der Waals surface area (Å²) in [5.41, 5.74) is 2.35. The molecule has 2 fully saturated rings. The van der Waals surface area contributed by atoms with Crippen LogP contribution in [-0.4, -0.2) is 35.8 Å². The number of halogens is 1. The molecule has 144 valence electrons. The van der Waals surface area contributed by atoms with Crippen LogP contribution in [0.5, 0.6) is 0 Å². The van der Waals surface area contributed by atoms with E-state index in [1.54, 1.807) is 6.92 Å². The summed E-state index contributed by atoms with van der Waals surface area (Å²) >= 11 is 0.